The van der Waals surface area contributed by atoms with Gasteiger partial charge in [0.1, 0.15) is 12.4 Å². The van der Waals surface area contributed by atoms with E-state index in [2.05, 4.69) is 10.5 Å². The second-order valence-electron chi connectivity index (χ2n) is 7.15. The molecule has 0 unspecified atom stereocenters. The predicted molar refractivity (Wildman–Crippen MR) is 138 cm³/mol. The molecule has 0 spiro atoms. The number of hydrogen-bond acceptors (Lipinski definition) is 4. The summed E-state index contributed by atoms with van der Waals surface area (Å²) in [5.74, 6) is 0.723. The van der Waals surface area contributed by atoms with Gasteiger partial charge in [0.15, 0.2) is 0 Å². The molecule has 7 heteroatoms. The number of benzene rings is 4. The van der Waals surface area contributed by atoms with E-state index in [-0.39, 0.29) is 11.7 Å². The molecule has 33 heavy (non-hydrogen) atoms. The average Bonchev–Trinajstić information content (AvgIpc) is 2.84. The Labute approximate surface area is 206 Å². The number of fused-ring (bicyclic) bond motifs is 1. The number of thioether (sulfide) groups is 1. The molecular formula is C26H20Cl2N2O2S. The van der Waals surface area contributed by atoms with E-state index in [1.54, 1.807) is 18.3 Å². The van der Waals surface area contributed by atoms with Gasteiger partial charge in [0.25, 0.3) is 0 Å². The van der Waals surface area contributed by atoms with Gasteiger partial charge < -0.3 is 4.74 Å². The second kappa shape index (κ2) is 11.2. The molecule has 0 atom stereocenters. The van der Waals surface area contributed by atoms with Crippen LogP contribution in [0.5, 0.6) is 5.75 Å². The van der Waals surface area contributed by atoms with Crippen molar-refractivity contribution in [3.8, 4) is 5.75 Å². The van der Waals surface area contributed by atoms with Gasteiger partial charge in [-0.25, -0.2) is 5.43 Å². The first kappa shape index (κ1) is 23.2. The Bertz CT molecular complexity index is 1280. The van der Waals surface area contributed by atoms with Gasteiger partial charge >= 0.3 is 0 Å². The molecule has 0 radical (unpaired) electrons. The van der Waals surface area contributed by atoms with Crippen molar-refractivity contribution in [2.45, 2.75) is 11.5 Å². The quantitative estimate of drug-likeness (QED) is 0.163. The van der Waals surface area contributed by atoms with Crippen molar-refractivity contribution >= 4 is 57.9 Å². The van der Waals surface area contributed by atoms with Crippen molar-refractivity contribution in [3.05, 3.63) is 106 Å². The molecule has 0 aliphatic heterocycles. The number of carbonyl (C=O) groups excluding carboxylic acids is 1. The first-order chi connectivity index (χ1) is 16.1. The smallest absolute Gasteiger partial charge is 0.250 e. The molecule has 0 saturated carbocycles. The molecule has 0 fully saturated rings. The van der Waals surface area contributed by atoms with Crippen LogP contribution in [0.4, 0.5) is 0 Å². The van der Waals surface area contributed by atoms with Crippen molar-refractivity contribution < 1.29 is 9.53 Å². The first-order valence-electron chi connectivity index (χ1n) is 10.2. The molecule has 4 nitrogen and oxygen atoms in total. The van der Waals surface area contributed by atoms with E-state index < -0.39 is 0 Å². The third-order valence-corrected chi connectivity index (χ3v) is 6.32. The van der Waals surface area contributed by atoms with E-state index in [1.165, 1.54) is 11.8 Å². The van der Waals surface area contributed by atoms with Crippen LogP contribution >= 0.6 is 35.0 Å². The van der Waals surface area contributed by atoms with E-state index in [4.69, 9.17) is 27.9 Å². The summed E-state index contributed by atoms with van der Waals surface area (Å²) in [4.78, 5) is 13.2. The Kier molecular flexibility index (Phi) is 7.89. The summed E-state index contributed by atoms with van der Waals surface area (Å²) in [7, 11) is 0. The molecular weight excluding hydrogens is 475 g/mol. The van der Waals surface area contributed by atoms with Crippen LogP contribution in [-0.2, 0) is 11.4 Å². The lowest BCUT2D eigenvalue weighted by Crippen LogP contribution is -2.19. The fourth-order valence-electron chi connectivity index (χ4n) is 3.16. The van der Waals surface area contributed by atoms with Gasteiger partial charge in [0, 0.05) is 20.5 Å². The van der Waals surface area contributed by atoms with Crippen LogP contribution in [0.3, 0.4) is 0 Å². The highest BCUT2D eigenvalue weighted by molar-refractivity contribution is 8.00. The molecule has 166 valence electrons. The predicted octanol–water partition coefficient (Wildman–Crippen LogP) is 6.97. The van der Waals surface area contributed by atoms with Crippen LogP contribution in [0.25, 0.3) is 10.8 Å². The van der Waals surface area contributed by atoms with E-state index in [0.29, 0.717) is 22.4 Å². The van der Waals surface area contributed by atoms with Gasteiger partial charge in [-0.3, -0.25) is 4.79 Å². The number of hydrogen-bond donors (Lipinski definition) is 1. The number of ether oxygens (including phenoxy) is 1. The Balaban J connectivity index is 1.45. The highest BCUT2D eigenvalue weighted by Crippen LogP contribution is 2.27. The van der Waals surface area contributed by atoms with Crippen molar-refractivity contribution in [2.24, 2.45) is 5.10 Å². The van der Waals surface area contributed by atoms with E-state index in [9.17, 15) is 4.79 Å². The molecule has 4 aromatic carbocycles. The molecule has 0 heterocycles. The summed E-state index contributed by atoms with van der Waals surface area (Å²) < 4.78 is 6.08. The minimum Gasteiger partial charge on any atom is -0.488 e. The molecule has 0 aliphatic carbocycles. The summed E-state index contributed by atoms with van der Waals surface area (Å²) in [5, 5.41) is 7.58. The van der Waals surface area contributed by atoms with Crippen LogP contribution in [0, 0.1) is 0 Å². The maximum absolute atomic E-state index is 12.2. The summed E-state index contributed by atoms with van der Waals surface area (Å²) in [6, 6.07) is 26.8. The maximum Gasteiger partial charge on any atom is 0.250 e. The molecule has 0 bridgehead atoms. The lowest BCUT2D eigenvalue weighted by molar-refractivity contribution is -0.118. The molecule has 4 rings (SSSR count). The Morgan fingerprint density at radius 2 is 1.61 bits per heavy atom. The first-order valence-corrected chi connectivity index (χ1v) is 11.9. The van der Waals surface area contributed by atoms with Gasteiger partial charge in [0.05, 0.1) is 12.0 Å². The van der Waals surface area contributed by atoms with Crippen molar-refractivity contribution in [1.82, 2.24) is 5.43 Å². The number of carbonyl (C=O) groups is 1. The van der Waals surface area contributed by atoms with Crippen LogP contribution in [0.15, 0.2) is 94.9 Å². The number of rotatable bonds is 8. The second-order valence-corrected chi connectivity index (χ2v) is 9.07. The Hall–Kier alpha value is -2.99. The van der Waals surface area contributed by atoms with Gasteiger partial charge in [-0.05, 0) is 58.8 Å². The fraction of sp³-hybridized carbons (Fsp3) is 0.0769. The van der Waals surface area contributed by atoms with E-state index in [0.717, 1.165) is 26.8 Å². The van der Waals surface area contributed by atoms with Gasteiger partial charge in [-0.2, -0.15) is 5.10 Å². The summed E-state index contributed by atoms with van der Waals surface area (Å²) in [5.41, 5.74) is 4.40. The third kappa shape index (κ3) is 6.51. The lowest BCUT2D eigenvalue weighted by atomic mass is 10.0. The highest BCUT2D eigenvalue weighted by atomic mass is 35.5. The van der Waals surface area contributed by atoms with Crippen LogP contribution < -0.4 is 10.2 Å². The van der Waals surface area contributed by atoms with Crippen LogP contribution in [0.2, 0.25) is 10.0 Å². The zero-order chi connectivity index (χ0) is 23.0. The number of halogens is 2. The molecule has 1 amide bonds. The lowest BCUT2D eigenvalue weighted by Gasteiger charge is -2.12. The molecule has 0 saturated heterocycles. The minimum absolute atomic E-state index is 0.199. The average molecular weight is 495 g/mol. The standard InChI is InChI=1S/C26H20Cl2N2O2S/c27-20-8-5-18(6-9-20)16-32-25-14-7-19-3-1-2-4-23(19)24(25)15-29-30-26(31)17-33-22-12-10-21(28)11-13-22/h1-15H,16-17H2,(H,30,31)/b29-15-. The largest absolute Gasteiger partial charge is 0.488 e. The van der Waals surface area contributed by atoms with Gasteiger partial charge in [-0.15, -0.1) is 11.8 Å². The van der Waals surface area contributed by atoms with Crippen LogP contribution in [0.1, 0.15) is 11.1 Å². The number of hydrazone groups is 1. The molecule has 1 N–H and O–H groups in total. The highest BCUT2D eigenvalue weighted by Gasteiger charge is 2.08. The Morgan fingerprint density at radius 3 is 2.36 bits per heavy atom. The van der Waals surface area contributed by atoms with Crippen LogP contribution in [-0.4, -0.2) is 17.9 Å². The van der Waals surface area contributed by atoms with Gasteiger partial charge in [0.2, 0.25) is 5.91 Å². The Morgan fingerprint density at radius 1 is 0.909 bits per heavy atom. The molecule has 0 aromatic heterocycles. The zero-order valence-electron chi connectivity index (χ0n) is 17.5. The SMILES string of the molecule is O=C(CSc1ccc(Cl)cc1)N/N=C\c1c(OCc2ccc(Cl)cc2)ccc2ccccc12. The zero-order valence-corrected chi connectivity index (χ0v) is 19.8. The fourth-order valence-corrected chi connectivity index (χ4v) is 4.10. The monoisotopic (exact) mass is 494 g/mol. The summed E-state index contributed by atoms with van der Waals surface area (Å²) in [6.45, 7) is 0.389. The number of nitrogens with one attached hydrogen (secondary N) is 1. The maximum atomic E-state index is 12.2. The minimum atomic E-state index is -0.199. The number of nitrogens with zero attached hydrogens (tertiary/aromatic N) is 1. The van der Waals surface area contributed by atoms with E-state index >= 15 is 0 Å². The van der Waals surface area contributed by atoms with Crippen molar-refractivity contribution in [3.63, 3.8) is 0 Å². The summed E-state index contributed by atoms with van der Waals surface area (Å²) in [6.07, 6.45) is 1.63. The molecule has 4 aromatic rings. The normalized spacial score (nSPS) is 11.1. The topological polar surface area (TPSA) is 50.7 Å². The third-order valence-electron chi connectivity index (χ3n) is 4.80. The molecule has 0 aliphatic rings. The van der Waals surface area contributed by atoms with Gasteiger partial charge in [-0.1, -0.05) is 65.7 Å². The summed E-state index contributed by atoms with van der Waals surface area (Å²) >= 11 is 13.3. The van der Waals surface area contributed by atoms with Crippen molar-refractivity contribution in [1.29, 1.82) is 0 Å². The van der Waals surface area contributed by atoms with E-state index in [1.807, 2.05) is 72.8 Å². The van der Waals surface area contributed by atoms with Crippen molar-refractivity contribution in [2.75, 3.05) is 5.75 Å². The number of amides is 1.